The van der Waals surface area contributed by atoms with Crippen LogP contribution in [-0.4, -0.2) is 27.9 Å². The summed E-state index contributed by atoms with van der Waals surface area (Å²) in [5.74, 6) is 3.49. The van der Waals surface area contributed by atoms with Crippen LogP contribution in [0.15, 0.2) is 6.33 Å². The van der Waals surface area contributed by atoms with Crippen molar-refractivity contribution in [1.82, 2.24) is 20.1 Å². The van der Waals surface area contributed by atoms with Crippen molar-refractivity contribution in [2.24, 2.45) is 17.8 Å². The number of rotatable bonds is 9. The summed E-state index contributed by atoms with van der Waals surface area (Å²) in [6.07, 6.45) is 9.54. The maximum absolute atomic E-state index is 4.51. The van der Waals surface area contributed by atoms with E-state index in [1.807, 2.05) is 0 Å². The van der Waals surface area contributed by atoms with Crippen molar-refractivity contribution < 1.29 is 0 Å². The van der Waals surface area contributed by atoms with Crippen LogP contribution in [0.1, 0.15) is 58.7 Å². The standard InChI is InChI=1S/C17H32N4/c1-4-9-21-17(19-13-20-21)10-16(12-18-11-14(2)3)15-7-5-6-8-15/h13-16,18H,4-12H2,1-3H3. The Morgan fingerprint density at radius 3 is 2.71 bits per heavy atom. The van der Waals surface area contributed by atoms with Crippen LogP contribution in [0.25, 0.3) is 0 Å². The van der Waals surface area contributed by atoms with E-state index in [-0.39, 0.29) is 0 Å². The lowest BCUT2D eigenvalue weighted by molar-refractivity contribution is 0.307. The Bertz CT molecular complexity index is 393. The summed E-state index contributed by atoms with van der Waals surface area (Å²) in [7, 11) is 0. The molecule has 1 unspecified atom stereocenters. The Morgan fingerprint density at radius 2 is 2.05 bits per heavy atom. The lowest BCUT2D eigenvalue weighted by atomic mass is 9.87. The molecular weight excluding hydrogens is 260 g/mol. The normalized spacial score (nSPS) is 17.7. The van der Waals surface area contributed by atoms with E-state index in [1.165, 1.54) is 31.5 Å². The molecule has 1 saturated carbocycles. The molecule has 0 aliphatic heterocycles. The van der Waals surface area contributed by atoms with Crippen molar-refractivity contribution in [1.29, 1.82) is 0 Å². The van der Waals surface area contributed by atoms with Crippen LogP contribution in [0, 0.1) is 17.8 Å². The molecule has 0 aromatic carbocycles. The Labute approximate surface area is 129 Å². The van der Waals surface area contributed by atoms with Gasteiger partial charge in [0.15, 0.2) is 0 Å². The van der Waals surface area contributed by atoms with Crippen molar-refractivity contribution in [2.75, 3.05) is 13.1 Å². The SMILES string of the molecule is CCCn1ncnc1CC(CNCC(C)C)C1CCCC1. The van der Waals surface area contributed by atoms with E-state index in [2.05, 4.69) is 40.9 Å². The van der Waals surface area contributed by atoms with Gasteiger partial charge in [-0.25, -0.2) is 4.98 Å². The zero-order chi connectivity index (χ0) is 15.1. The van der Waals surface area contributed by atoms with Crippen LogP contribution in [-0.2, 0) is 13.0 Å². The minimum atomic E-state index is 0.714. The van der Waals surface area contributed by atoms with E-state index < -0.39 is 0 Å². The summed E-state index contributed by atoms with van der Waals surface area (Å²) < 4.78 is 2.10. The van der Waals surface area contributed by atoms with Gasteiger partial charge < -0.3 is 5.32 Å². The van der Waals surface area contributed by atoms with Gasteiger partial charge in [-0.3, -0.25) is 4.68 Å². The van der Waals surface area contributed by atoms with Gasteiger partial charge in [-0.1, -0.05) is 46.5 Å². The minimum Gasteiger partial charge on any atom is -0.316 e. The van der Waals surface area contributed by atoms with Gasteiger partial charge in [0, 0.05) is 13.0 Å². The Balaban J connectivity index is 1.95. The zero-order valence-electron chi connectivity index (χ0n) is 14.0. The molecule has 0 amide bonds. The Morgan fingerprint density at radius 1 is 1.29 bits per heavy atom. The highest BCUT2D eigenvalue weighted by Gasteiger charge is 2.26. The third kappa shape index (κ3) is 5.10. The first kappa shape index (κ1) is 16.5. The van der Waals surface area contributed by atoms with E-state index in [4.69, 9.17) is 0 Å². The fraction of sp³-hybridized carbons (Fsp3) is 0.882. The van der Waals surface area contributed by atoms with Crippen molar-refractivity contribution >= 4 is 0 Å². The van der Waals surface area contributed by atoms with Gasteiger partial charge in [-0.2, -0.15) is 5.10 Å². The molecule has 1 aliphatic rings. The monoisotopic (exact) mass is 292 g/mol. The molecule has 4 nitrogen and oxygen atoms in total. The molecule has 21 heavy (non-hydrogen) atoms. The summed E-state index contributed by atoms with van der Waals surface area (Å²) in [5.41, 5.74) is 0. The number of aromatic nitrogens is 3. The highest BCUT2D eigenvalue weighted by Crippen LogP contribution is 2.32. The molecule has 0 radical (unpaired) electrons. The van der Waals surface area contributed by atoms with Gasteiger partial charge in [0.05, 0.1) is 0 Å². The number of aryl methyl sites for hydroxylation is 1. The highest BCUT2D eigenvalue weighted by atomic mass is 15.3. The van der Waals surface area contributed by atoms with Crippen LogP contribution < -0.4 is 5.32 Å². The molecule has 1 aromatic rings. The Hall–Kier alpha value is -0.900. The lowest BCUT2D eigenvalue weighted by Gasteiger charge is -2.24. The molecule has 1 fully saturated rings. The highest BCUT2D eigenvalue weighted by molar-refractivity contribution is 4.91. The van der Waals surface area contributed by atoms with Crippen LogP contribution in [0.4, 0.5) is 0 Å². The van der Waals surface area contributed by atoms with Crippen LogP contribution in [0.2, 0.25) is 0 Å². The van der Waals surface area contributed by atoms with Gasteiger partial charge in [-0.05, 0) is 37.3 Å². The average molecular weight is 292 g/mol. The zero-order valence-corrected chi connectivity index (χ0v) is 14.0. The van der Waals surface area contributed by atoms with Gasteiger partial charge in [0.25, 0.3) is 0 Å². The average Bonchev–Trinajstić information content (AvgIpc) is 3.09. The van der Waals surface area contributed by atoms with E-state index in [1.54, 1.807) is 6.33 Å². The van der Waals surface area contributed by atoms with E-state index in [0.29, 0.717) is 5.92 Å². The van der Waals surface area contributed by atoms with Crippen molar-refractivity contribution in [2.45, 2.75) is 65.8 Å². The van der Waals surface area contributed by atoms with E-state index in [9.17, 15) is 0 Å². The minimum absolute atomic E-state index is 0.714. The molecule has 120 valence electrons. The summed E-state index contributed by atoms with van der Waals surface area (Å²) in [6, 6.07) is 0. The van der Waals surface area contributed by atoms with Crippen LogP contribution >= 0.6 is 0 Å². The third-order valence-electron chi connectivity index (χ3n) is 4.60. The number of nitrogens with zero attached hydrogens (tertiary/aromatic N) is 3. The second kappa shape index (κ2) is 8.52. The predicted octanol–water partition coefficient (Wildman–Crippen LogP) is 3.28. The molecule has 1 heterocycles. The second-order valence-corrected chi connectivity index (χ2v) is 6.96. The summed E-state index contributed by atoms with van der Waals surface area (Å²) in [5, 5.41) is 8.05. The molecule has 0 bridgehead atoms. The number of hydrogen-bond acceptors (Lipinski definition) is 3. The summed E-state index contributed by atoms with van der Waals surface area (Å²) in [4.78, 5) is 4.51. The molecule has 0 saturated heterocycles. The smallest absolute Gasteiger partial charge is 0.138 e. The predicted molar refractivity (Wildman–Crippen MR) is 87.2 cm³/mol. The maximum atomic E-state index is 4.51. The van der Waals surface area contributed by atoms with Gasteiger partial charge in [0.2, 0.25) is 0 Å². The maximum Gasteiger partial charge on any atom is 0.138 e. The largest absolute Gasteiger partial charge is 0.316 e. The molecule has 2 rings (SSSR count). The third-order valence-corrected chi connectivity index (χ3v) is 4.60. The van der Waals surface area contributed by atoms with Crippen LogP contribution in [0.5, 0.6) is 0 Å². The van der Waals surface area contributed by atoms with Gasteiger partial charge in [0.1, 0.15) is 12.2 Å². The first-order valence-electron chi connectivity index (χ1n) is 8.78. The summed E-state index contributed by atoms with van der Waals surface area (Å²) >= 11 is 0. The topological polar surface area (TPSA) is 42.7 Å². The fourth-order valence-corrected chi connectivity index (χ4v) is 3.47. The molecule has 1 aliphatic carbocycles. The fourth-order valence-electron chi connectivity index (χ4n) is 3.47. The van der Waals surface area contributed by atoms with Crippen LogP contribution in [0.3, 0.4) is 0 Å². The van der Waals surface area contributed by atoms with E-state index in [0.717, 1.165) is 44.3 Å². The molecule has 1 N–H and O–H groups in total. The second-order valence-electron chi connectivity index (χ2n) is 6.96. The molecule has 1 atom stereocenters. The quantitative estimate of drug-likeness (QED) is 0.759. The molecular formula is C17H32N4. The van der Waals surface area contributed by atoms with Crippen molar-refractivity contribution in [3.63, 3.8) is 0 Å². The number of nitrogens with one attached hydrogen (secondary N) is 1. The molecule has 1 aromatic heterocycles. The first-order valence-corrected chi connectivity index (χ1v) is 8.78. The van der Waals surface area contributed by atoms with Crippen molar-refractivity contribution in [3.05, 3.63) is 12.2 Å². The number of hydrogen-bond donors (Lipinski definition) is 1. The molecule has 4 heteroatoms. The lowest BCUT2D eigenvalue weighted by Crippen LogP contribution is -2.32. The van der Waals surface area contributed by atoms with Gasteiger partial charge in [-0.15, -0.1) is 0 Å². The van der Waals surface area contributed by atoms with E-state index >= 15 is 0 Å². The van der Waals surface area contributed by atoms with Gasteiger partial charge >= 0.3 is 0 Å². The first-order chi connectivity index (χ1) is 10.2. The molecule has 0 spiro atoms. The Kier molecular flexibility index (Phi) is 6.68. The summed E-state index contributed by atoms with van der Waals surface area (Å²) in [6.45, 7) is 9.98. The van der Waals surface area contributed by atoms with Crippen molar-refractivity contribution in [3.8, 4) is 0 Å².